The average Bonchev–Trinajstić information content (AvgIpc) is 2.90. The third-order valence-corrected chi connectivity index (χ3v) is 4.59. The molecule has 0 aliphatic carbocycles. The molecule has 194 valence electrons. The van der Waals surface area contributed by atoms with Crippen molar-refractivity contribution in [2.45, 2.75) is 0 Å². The van der Waals surface area contributed by atoms with Gasteiger partial charge in [0.05, 0.1) is 24.3 Å². The van der Waals surface area contributed by atoms with Gasteiger partial charge in [-0.25, -0.2) is 9.59 Å². The Bertz CT molecular complexity index is 949. The van der Waals surface area contributed by atoms with Gasteiger partial charge < -0.3 is 41.0 Å². The van der Waals surface area contributed by atoms with Gasteiger partial charge in [-0.2, -0.15) is 0 Å². The summed E-state index contributed by atoms with van der Waals surface area (Å²) in [5, 5.41) is 28.6. The van der Waals surface area contributed by atoms with Gasteiger partial charge in [-0.1, -0.05) is 24.3 Å². The van der Waals surface area contributed by atoms with E-state index in [1.54, 1.807) is 36.4 Å². The number of ether oxygens (including phenoxy) is 2. The van der Waals surface area contributed by atoms with Crippen LogP contribution < -0.4 is 21.3 Å². The standard InChI is InChI=1S/C24H30N4O8/c29-13-11-25-19-7-3-1-5-17(19)23(33)35-15-21(31)27-9-10-28-22(32)16-36-24(34)18-6-2-4-8-20(18)26-12-14-30/h1-8,25-26,29-30H,9-16H2,(H,27,31)(H,28,32). The molecule has 0 aliphatic rings. The van der Waals surface area contributed by atoms with Gasteiger partial charge in [0.15, 0.2) is 13.2 Å². The normalized spacial score (nSPS) is 10.2. The fourth-order valence-electron chi connectivity index (χ4n) is 2.94. The second kappa shape index (κ2) is 15.7. The van der Waals surface area contributed by atoms with Crippen molar-refractivity contribution in [1.82, 2.24) is 10.6 Å². The smallest absolute Gasteiger partial charge is 0.340 e. The Morgan fingerprint density at radius 3 is 1.39 bits per heavy atom. The van der Waals surface area contributed by atoms with Crippen molar-refractivity contribution >= 4 is 35.1 Å². The van der Waals surface area contributed by atoms with E-state index in [0.29, 0.717) is 11.4 Å². The zero-order valence-electron chi connectivity index (χ0n) is 19.6. The molecule has 0 saturated heterocycles. The lowest BCUT2D eigenvalue weighted by Crippen LogP contribution is -2.38. The van der Waals surface area contributed by atoms with Crippen molar-refractivity contribution in [3.05, 3.63) is 59.7 Å². The van der Waals surface area contributed by atoms with Crippen LogP contribution in [-0.2, 0) is 19.1 Å². The lowest BCUT2D eigenvalue weighted by Gasteiger charge is -2.12. The number of aliphatic hydroxyl groups is 2. The van der Waals surface area contributed by atoms with Gasteiger partial charge in [0.2, 0.25) is 0 Å². The number of nitrogens with one attached hydrogen (secondary N) is 4. The number of carbonyl (C=O) groups is 4. The van der Waals surface area contributed by atoms with Gasteiger partial charge in [0.1, 0.15) is 0 Å². The summed E-state index contributed by atoms with van der Waals surface area (Å²) in [4.78, 5) is 48.3. The van der Waals surface area contributed by atoms with Crippen molar-refractivity contribution in [1.29, 1.82) is 0 Å². The lowest BCUT2D eigenvalue weighted by molar-refractivity contribution is -0.125. The molecule has 0 atom stereocenters. The van der Waals surface area contributed by atoms with Gasteiger partial charge in [0.25, 0.3) is 11.8 Å². The number of anilines is 2. The Hall–Kier alpha value is -4.16. The minimum atomic E-state index is -0.700. The van der Waals surface area contributed by atoms with E-state index in [9.17, 15) is 19.2 Å². The predicted octanol–water partition coefficient (Wildman–Crippen LogP) is -0.259. The number of rotatable bonds is 15. The summed E-state index contributed by atoms with van der Waals surface area (Å²) in [5.74, 6) is -2.52. The summed E-state index contributed by atoms with van der Waals surface area (Å²) >= 11 is 0. The first-order valence-corrected chi connectivity index (χ1v) is 11.2. The number of amides is 2. The summed E-state index contributed by atoms with van der Waals surface area (Å²) < 4.78 is 10.0. The Labute approximate surface area is 208 Å². The summed E-state index contributed by atoms with van der Waals surface area (Å²) in [5.41, 5.74) is 1.41. The molecule has 36 heavy (non-hydrogen) atoms. The highest BCUT2D eigenvalue weighted by atomic mass is 16.5. The van der Waals surface area contributed by atoms with E-state index < -0.39 is 37.0 Å². The topological polar surface area (TPSA) is 175 Å². The Balaban J connectivity index is 1.65. The molecule has 0 heterocycles. The molecule has 0 bridgehead atoms. The van der Waals surface area contributed by atoms with Crippen LogP contribution in [0.5, 0.6) is 0 Å². The molecular weight excluding hydrogens is 472 g/mol. The number of esters is 2. The molecule has 2 aromatic rings. The van der Waals surface area contributed by atoms with E-state index in [1.807, 2.05) is 0 Å². The highest BCUT2D eigenvalue weighted by molar-refractivity contribution is 5.97. The number of para-hydroxylation sites is 2. The van der Waals surface area contributed by atoms with Crippen LogP contribution in [0.2, 0.25) is 0 Å². The summed E-state index contributed by atoms with van der Waals surface area (Å²) in [6.07, 6.45) is 0. The van der Waals surface area contributed by atoms with Gasteiger partial charge >= 0.3 is 11.9 Å². The maximum absolute atomic E-state index is 12.2. The molecule has 12 nitrogen and oxygen atoms in total. The van der Waals surface area contributed by atoms with Gasteiger partial charge in [-0.3, -0.25) is 9.59 Å². The molecule has 0 spiro atoms. The molecule has 0 aromatic heterocycles. The molecule has 2 rings (SSSR count). The third-order valence-electron chi connectivity index (χ3n) is 4.59. The van der Waals surface area contributed by atoms with Crippen LogP contribution in [0.4, 0.5) is 11.4 Å². The maximum atomic E-state index is 12.2. The monoisotopic (exact) mass is 502 g/mol. The first-order valence-electron chi connectivity index (χ1n) is 11.2. The van der Waals surface area contributed by atoms with E-state index in [4.69, 9.17) is 19.7 Å². The zero-order chi connectivity index (χ0) is 26.2. The Morgan fingerprint density at radius 1 is 0.611 bits per heavy atom. The molecule has 2 amide bonds. The van der Waals surface area contributed by atoms with Crippen molar-refractivity contribution in [3.8, 4) is 0 Å². The molecule has 12 heteroatoms. The van der Waals surface area contributed by atoms with Gasteiger partial charge in [-0.05, 0) is 24.3 Å². The summed E-state index contributed by atoms with van der Waals surface area (Å²) in [6, 6.07) is 13.1. The third kappa shape index (κ3) is 9.60. The van der Waals surface area contributed by atoms with Crippen molar-refractivity contribution in [2.75, 3.05) is 63.2 Å². The second-order valence-electron chi connectivity index (χ2n) is 7.24. The quantitative estimate of drug-likeness (QED) is 0.141. The minimum absolute atomic E-state index is 0.0681. The number of hydrogen-bond donors (Lipinski definition) is 6. The molecule has 0 unspecified atom stereocenters. The summed E-state index contributed by atoms with van der Waals surface area (Å²) in [7, 11) is 0. The highest BCUT2D eigenvalue weighted by Crippen LogP contribution is 2.16. The van der Waals surface area contributed by atoms with Crippen LogP contribution in [-0.4, -0.2) is 86.6 Å². The summed E-state index contributed by atoms with van der Waals surface area (Å²) in [6.45, 7) is -0.596. The second-order valence-corrected chi connectivity index (χ2v) is 7.24. The fraction of sp³-hybridized carbons (Fsp3) is 0.333. The molecule has 0 saturated carbocycles. The number of benzene rings is 2. The minimum Gasteiger partial charge on any atom is -0.452 e. The predicted molar refractivity (Wildman–Crippen MR) is 131 cm³/mol. The van der Waals surface area contributed by atoms with Gasteiger partial charge in [-0.15, -0.1) is 0 Å². The molecule has 6 N–H and O–H groups in total. The van der Waals surface area contributed by atoms with Gasteiger partial charge in [0, 0.05) is 37.6 Å². The van der Waals surface area contributed by atoms with Crippen molar-refractivity contribution in [2.24, 2.45) is 0 Å². The first-order chi connectivity index (χ1) is 17.5. The van der Waals surface area contributed by atoms with Crippen LogP contribution in [0.3, 0.4) is 0 Å². The van der Waals surface area contributed by atoms with E-state index in [0.717, 1.165) is 0 Å². The lowest BCUT2D eigenvalue weighted by atomic mass is 10.2. The molecule has 0 aliphatic heterocycles. The van der Waals surface area contributed by atoms with Crippen molar-refractivity contribution in [3.63, 3.8) is 0 Å². The zero-order valence-corrected chi connectivity index (χ0v) is 19.6. The number of aliphatic hydroxyl groups excluding tert-OH is 2. The maximum Gasteiger partial charge on any atom is 0.340 e. The van der Waals surface area contributed by atoms with Crippen LogP contribution >= 0.6 is 0 Å². The van der Waals surface area contributed by atoms with Crippen LogP contribution in [0.15, 0.2) is 48.5 Å². The van der Waals surface area contributed by atoms with E-state index in [-0.39, 0.29) is 50.5 Å². The molecule has 0 radical (unpaired) electrons. The molecule has 0 fully saturated rings. The van der Waals surface area contributed by atoms with E-state index >= 15 is 0 Å². The van der Waals surface area contributed by atoms with Crippen LogP contribution in [0.1, 0.15) is 20.7 Å². The molecule has 2 aromatic carbocycles. The Kier molecular flexibility index (Phi) is 12.2. The van der Waals surface area contributed by atoms with Crippen LogP contribution in [0.25, 0.3) is 0 Å². The van der Waals surface area contributed by atoms with Crippen molar-refractivity contribution < 1.29 is 38.9 Å². The van der Waals surface area contributed by atoms with Crippen LogP contribution in [0, 0.1) is 0 Å². The first kappa shape index (κ1) is 28.1. The fourth-order valence-corrected chi connectivity index (χ4v) is 2.94. The SMILES string of the molecule is O=C(COC(=O)c1ccccc1NCCO)NCCNC(=O)COC(=O)c1ccccc1NCCO. The van der Waals surface area contributed by atoms with E-state index in [1.165, 1.54) is 12.1 Å². The number of carbonyl (C=O) groups excluding carboxylic acids is 4. The highest BCUT2D eigenvalue weighted by Gasteiger charge is 2.15. The molecular formula is C24H30N4O8. The van der Waals surface area contributed by atoms with E-state index in [2.05, 4.69) is 21.3 Å². The largest absolute Gasteiger partial charge is 0.452 e. The average molecular weight is 503 g/mol. The number of hydrogen-bond acceptors (Lipinski definition) is 10. The Morgan fingerprint density at radius 2 is 1.00 bits per heavy atom.